The first kappa shape index (κ1) is 31.1. The molecule has 5 rings (SSSR count). The molecule has 0 aliphatic heterocycles. The number of nitriles is 1. The molecule has 2 aliphatic rings. The van der Waals surface area contributed by atoms with Gasteiger partial charge in [0.15, 0.2) is 0 Å². The SMILES string of the molecule is CC(C)(F)C[C@H](N[C@@H](c1ccc(-c2ccc(C3(C(=O)Nc4cccnc4)CC3)cc2F)cc1)C(F)F)C(=O)NC1(C#N)CC1. The van der Waals surface area contributed by atoms with Crippen molar-refractivity contribution in [2.45, 2.75) is 81.1 Å². The number of amides is 2. The summed E-state index contributed by atoms with van der Waals surface area (Å²) in [5, 5.41) is 17.3. The molecule has 2 amide bonds. The Bertz CT molecular complexity index is 1560. The summed E-state index contributed by atoms with van der Waals surface area (Å²) in [6, 6.07) is 12.9. The molecule has 2 fully saturated rings. The molecule has 230 valence electrons. The molecule has 7 nitrogen and oxygen atoms in total. The number of hydrogen-bond donors (Lipinski definition) is 3. The maximum Gasteiger partial charge on any atom is 0.257 e. The number of hydrogen-bond acceptors (Lipinski definition) is 5. The number of rotatable bonds is 12. The molecular formula is C33H33F4N5O2. The van der Waals surface area contributed by atoms with Gasteiger partial charge in [-0.1, -0.05) is 36.4 Å². The van der Waals surface area contributed by atoms with Crippen molar-refractivity contribution in [3.63, 3.8) is 0 Å². The maximum absolute atomic E-state index is 15.4. The predicted molar refractivity (Wildman–Crippen MR) is 157 cm³/mol. The first-order chi connectivity index (χ1) is 20.8. The second-order valence-electron chi connectivity index (χ2n) is 12.2. The zero-order valence-corrected chi connectivity index (χ0v) is 24.3. The normalized spacial score (nSPS) is 17.7. The van der Waals surface area contributed by atoms with Gasteiger partial charge in [-0.3, -0.25) is 19.9 Å². The third kappa shape index (κ3) is 6.91. The average molecular weight is 608 g/mol. The Morgan fingerprint density at radius 3 is 2.30 bits per heavy atom. The zero-order valence-electron chi connectivity index (χ0n) is 24.3. The van der Waals surface area contributed by atoms with Gasteiger partial charge in [0.05, 0.1) is 35.5 Å². The quantitative estimate of drug-likeness (QED) is 0.215. The van der Waals surface area contributed by atoms with E-state index in [2.05, 4.69) is 20.9 Å². The first-order valence-electron chi connectivity index (χ1n) is 14.4. The van der Waals surface area contributed by atoms with E-state index in [4.69, 9.17) is 0 Å². The van der Waals surface area contributed by atoms with Crippen LogP contribution in [-0.2, 0) is 15.0 Å². The standard InChI is InChI=1S/C33H33F4N5O2/c1-31(2,37)17-26(29(43)42-32(19-38)11-12-32)41-27(28(35)36)21-7-5-20(6-8-21)24-10-9-22(16-25(24)34)33(13-14-33)30(44)40-23-4-3-15-39-18-23/h3-10,15-16,18,26-28,41H,11-14,17H2,1-2H3,(H,40,44)(H,42,43)/t26-,27-/m0/s1. The highest BCUT2D eigenvalue weighted by Crippen LogP contribution is 2.49. The molecule has 3 N–H and O–H groups in total. The van der Waals surface area contributed by atoms with E-state index in [-0.39, 0.29) is 23.5 Å². The summed E-state index contributed by atoms with van der Waals surface area (Å²) in [4.78, 5) is 29.9. The van der Waals surface area contributed by atoms with Crippen LogP contribution in [0.2, 0.25) is 0 Å². The summed E-state index contributed by atoms with van der Waals surface area (Å²) in [6.07, 6.45) is 1.82. The second kappa shape index (κ2) is 12.0. The Morgan fingerprint density at radius 1 is 1.07 bits per heavy atom. The minimum absolute atomic E-state index is 0.126. The smallest absolute Gasteiger partial charge is 0.257 e. The van der Waals surface area contributed by atoms with Gasteiger partial charge in [-0.25, -0.2) is 17.6 Å². The van der Waals surface area contributed by atoms with Gasteiger partial charge in [-0.15, -0.1) is 0 Å². The van der Waals surface area contributed by atoms with Crippen molar-refractivity contribution in [2.75, 3.05) is 5.32 Å². The molecule has 0 radical (unpaired) electrons. The lowest BCUT2D eigenvalue weighted by Gasteiger charge is -2.29. The number of alkyl halides is 3. The molecule has 0 unspecified atom stereocenters. The number of nitrogens with zero attached hydrogens (tertiary/aromatic N) is 2. The van der Waals surface area contributed by atoms with Crippen LogP contribution < -0.4 is 16.0 Å². The van der Waals surface area contributed by atoms with E-state index in [0.29, 0.717) is 42.5 Å². The lowest BCUT2D eigenvalue weighted by atomic mass is 9.92. The van der Waals surface area contributed by atoms with E-state index < -0.39 is 46.9 Å². The lowest BCUT2D eigenvalue weighted by Crippen LogP contribution is -2.52. The summed E-state index contributed by atoms with van der Waals surface area (Å²) >= 11 is 0. The van der Waals surface area contributed by atoms with E-state index in [9.17, 15) is 28.0 Å². The predicted octanol–water partition coefficient (Wildman–Crippen LogP) is 6.13. The second-order valence-corrected chi connectivity index (χ2v) is 12.2. The summed E-state index contributed by atoms with van der Waals surface area (Å²) in [6.45, 7) is 2.49. The van der Waals surface area contributed by atoms with Gasteiger partial charge in [-0.05, 0) is 74.4 Å². The van der Waals surface area contributed by atoms with Gasteiger partial charge in [-0.2, -0.15) is 5.26 Å². The molecule has 0 bridgehead atoms. The van der Waals surface area contributed by atoms with Crippen molar-refractivity contribution in [2.24, 2.45) is 0 Å². The molecule has 44 heavy (non-hydrogen) atoms. The monoisotopic (exact) mass is 607 g/mol. The van der Waals surface area contributed by atoms with E-state index in [0.717, 1.165) is 0 Å². The molecule has 2 atom stereocenters. The third-order valence-corrected chi connectivity index (χ3v) is 8.17. The van der Waals surface area contributed by atoms with E-state index in [1.54, 1.807) is 30.5 Å². The van der Waals surface area contributed by atoms with Crippen LogP contribution >= 0.6 is 0 Å². The topological polar surface area (TPSA) is 107 Å². The highest BCUT2D eigenvalue weighted by atomic mass is 19.3. The largest absolute Gasteiger partial charge is 0.336 e. The number of benzene rings is 2. The van der Waals surface area contributed by atoms with Crippen molar-refractivity contribution in [1.29, 1.82) is 5.26 Å². The Balaban J connectivity index is 1.32. The average Bonchev–Trinajstić information content (AvgIpc) is 3.91. The molecule has 1 aromatic heterocycles. The van der Waals surface area contributed by atoms with Crippen LogP contribution in [0.15, 0.2) is 67.0 Å². The molecule has 3 aromatic rings. The van der Waals surface area contributed by atoms with Crippen molar-refractivity contribution in [3.8, 4) is 17.2 Å². The Kier molecular flexibility index (Phi) is 8.49. The molecular weight excluding hydrogens is 574 g/mol. The third-order valence-electron chi connectivity index (χ3n) is 8.17. The Morgan fingerprint density at radius 2 is 1.77 bits per heavy atom. The fraction of sp³-hybridized carbons (Fsp3) is 0.394. The van der Waals surface area contributed by atoms with Crippen molar-refractivity contribution in [1.82, 2.24) is 15.6 Å². The summed E-state index contributed by atoms with van der Waals surface area (Å²) < 4.78 is 58.5. The highest BCUT2D eigenvalue weighted by Gasteiger charge is 2.51. The van der Waals surface area contributed by atoms with Crippen LogP contribution in [0.5, 0.6) is 0 Å². The van der Waals surface area contributed by atoms with E-state index in [1.807, 2.05) is 6.07 Å². The number of anilines is 1. The molecule has 2 aromatic carbocycles. The summed E-state index contributed by atoms with van der Waals surface area (Å²) in [5.74, 6) is -1.52. The first-order valence-corrected chi connectivity index (χ1v) is 14.4. The lowest BCUT2D eigenvalue weighted by molar-refractivity contribution is -0.125. The summed E-state index contributed by atoms with van der Waals surface area (Å²) in [5.41, 5.74) is -1.85. The fourth-order valence-electron chi connectivity index (χ4n) is 5.33. The van der Waals surface area contributed by atoms with Gasteiger partial charge in [0, 0.05) is 18.2 Å². The van der Waals surface area contributed by atoms with Crippen molar-refractivity contribution < 1.29 is 27.2 Å². The van der Waals surface area contributed by atoms with Crippen LogP contribution in [0.1, 0.15) is 63.1 Å². The van der Waals surface area contributed by atoms with Crippen molar-refractivity contribution >= 4 is 17.5 Å². The number of nitrogens with one attached hydrogen (secondary N) is 3. The number of carbonyl (C=O) groups excluding carboxylic acids is 2. The zero-order chi connectivity index (χ0) is 31.7. The van der Waals surface area contributed by atoms with Gasteiger partial charge in [0.2, 0.25) is 11.8 Å². The highest BCUT2D eigenvalue weighted by molar-refractivity contribution is 6.01. The van der Waals surface area contributed by atoms with Crippen LogP contribution in [0.25, 0.3) is 11.1 Å². The van der Waals surface area contributed by atoms with Crippen molar-refractivity contribution in [3.05, 3.63) is 83.9 Å². The van der Waals surface area contributed by atoms with Gasteiger partial charge < -0.3 is 10.6 Å². The van der Waals surface area contributed by atoms with Crippen LogP contribution in [0, 0.1) is 17.1 Å². The van der Waals surface area contributed by atoms with Gasteiger partial charge in [0.25, 0.3) is 6.43 Å². The van der Waals surface area contributed by atoms with E-state index >= 15 is 4.39 Å². The number of pyridine rings is 1. The van der Waals surface area contributed by atoms with Crippen LogP contribution in [0.3, 0.4) is 0 Å². The Hall–Kier alpha value is -4.30. The summed E-state index contributed by atoms with van der Waals surface area (Å²) in [7, 11) is 0. The molecule has 0 spiro atoms. The molecule has 11 heteroatoms. The number of aromatic nitrogens is 1. The molecule has 2 aliphatic carbocycles. The Labute approximate surface area is 253 Å². The molecule has 2 saturated carbocycles. The molecule has 1 heterocycles. The van der Waals surface area contributed by atoms with E-state index in [1.165, 1.54) is 50.4 Å². The minimum Gasteiger partial charge on any atom is -0.336 e. The maximum atomic E-state index is 15.4. The van der Waals surface area contributed by atoms with Gasteiger partial charge >= 0.3 is 0 Å². The van der Waals surface area contributed by atoms with Gasteiger partial charge in [0.1, 0.15) is 17.0 Å². The minimum atomic E-state index is -2.95. The number of carbonyl (C=O) groups is 2. The fourth-order valence-corrected chi connectivity index (χ4v) is 5.33. The van der Waals surface area contributed by atoms with Crippen LogP contribution in [-0.4, -0.2) is 40.5 Å². The number of halogens is 4. The van der Waals surface area contributed by atoms with Crippen LogP contribution in [0.4, 0.5) is 23.2 Å². The molecule has 0 saturated heterocycles.